The van der Waals surface area contributed by atoms with E-state index in [2.05, 4.69) is 18.0 Å². The van der Waals surface area contributed by atoms with E-state index in [4.69, 9.17) is 9.42 Å². The van der Waals surface area contributed by atoms with Crippen LogP contribution in [0.2, 0.25) is 12.6 Å². The molecule has 3 nitrogen and oxygen atoms in total. The summed E-state index contributed by atoms with van der Waals surface area (Å²) in [4.78, 5) is 4.81. The molecule has 2 rings (SSSR count). The lowest BCUT2D eigenvalue weighted by Crippen LogP contribution is -2.50. The average molecular weight is 268 g/mol. The van der Waals surface area contributed by atoms with Crippen molar-refractivity contribution < 1.29 is 4.43 Å². The maximum absolute atomic E-state index is 6.06. The van der Waals surface area contributed by atoms with E-state index in [1.807, 2.05) is 0 Å². The molecule has 1 aliphatic heterocycles. The Morgan fingerprint density at radius 1 is 1.22 bits per heavy atom. The van der Waals surface area contributed by atoms with E-state index in [0.29, 0.717) is 0 Å². The molecule has 1 saturated carbocycles. The zero-order valence-electron chi connectivity index (χ0n) is 12.1. The maximum atomic E-state index is 6.06. The first-order valence-electron chi connectivity index (χ1n) is 7.66. The zero-order chi connectivity index (χ0) is 12.8. The summed E-state index contributed by atoms with van der Waals surface area (Å²) < 4.78 is 8.68. The summed E-state index contributed by atoms with van der Waals surface area (Å²) in [5, 5.41) is 0. The lowest BCUT2D eigenvalue weighted by molar-refractivity contribution is 0.272. The van der Waals surface area contributed by atoms with E-state index >= 15 is 0 Å². The van der Waals surface area contributed by atoms with Crippen molar-refractivity contribution in [3.05, 3.63) is 0 Å². The van der Waals surface area contributed by atoms with Gasteiger partial charge in [0.05, 0.1) is 6.54 Å². The van der Waals surface area contributed by atoms with Crippen LogP contribution < -0.4 is 0 Å². The minimum Gasteiger partial charge on any atom is -0.403 e. The van der Waals surface area contributed by atoms with Gasteiger partial charge in [-0.3, -0.25) is 4.99 Å². The third-order valence-corrected chi connectivity index (χ3v) is 8.31. The molecule has 1 unspecified atom stereocenters. The Balaban J connectivity index is 1.78. The molecule has 4 heteroatoms. The van der Waals surface area contributed by atoms with Crippen LogP contribution in [0.25, 0.3) is 0 Å². The third-order valence-electron chi connectivity index (χ3n) is 4.33. The summed E-state index contributed by atoms with van der Waals surface area (Å²) in [6, 6.07) is 1.30. The van der Waals surface area contributed by atoms with Gasteiger partial charge >= 0.3 is 0 Å². The van der Waals surface area contributed by atoms with Crippen LogP contribution in [0, 0.1) is 0 Å². The highest BCUT2D eigenvalue weighted by atomic mass is 28.4. The molecule has 1 heterocycles. The molecule has 2 aliphatic rings. The first-order valence-corrected chi connectivity index (χ1v) is 10.2. The van der Waals surface area contributed by atoms with Crippen LogP contribution in [0.4, 0.5) is 0 Å². The van der Waals surface area contributed by atoms with Crippen molar-refractivity contribution in [3.8, 4) is 0 Å². The standard InChI is InChI=1S/C14H28N2OSi/c1-3-17-18(2)13-7-11-16(18)12-10-15-14-8-5-4-6-9-14/h3-13H2,1-2H3. The number of hydrogen-bond donors (Lipinski definition) is 0. The van der Waals surface area contributed by atoms with Crippen molar-refractivity contribution in [3.63, 3.8) is 0 Å². The molecule has 0 spiro atoms. The molecule has 1 atom stereocenters. The van der Waals surface area contributed by atoms with Gasteiger partial charge in [-0.05, 0) is 58.2 Å². The van der Waals surface area contributed by atoms with Crippen molar-refractivity contribution in [1.82, 2.24) is 4.57 Å². The van der Waals surface area contributed by atoms with Gasteiger partial charge in [-0.1, -0.05) is 6.42 Å². The predicted octanol–water partition coefficient (Wildman–Crippen LogP) is 3.21. The van der Waals surface area contributed by atoms with Gasteiger partial charge in [0.25, 0.3) is 8.48 Å². The molecule has 0 aromatic carbocycles. The Morgan fingerprint density at radius 3 is 2.72 bits per heavy atom. The Labute approximate surface area is 113 Å². The largest absolute Gasteiger partial charge is 0.403 e. The van der Waals surface area contributed by atoms with Crippen LogP contribution in [0.5, 0.6) is 0 Å². The van der Waals surface area contributed by atoms with Crippen molar-refractivity contribution in [2.75, 3.05) is 26.2 Å². The van der Waals surface area contributed by atoms with Gasteiger partial charge in [-0.25, -0.2) is 0 Å². The van der Waals surface area contributed by atoms with E-state index in [9.17, 15) is 0 Å². The Morgan fingerprint density at radius 2 is 2.00 bits per heavy atom. The third kappa shape index (κ3) is 3.65. The average Bonchev–Trinajstić information content (AvgIpc) is 2.73. The fourth-order valence-electron chi connectivity index (χ4n) is 3.26. The van der Waals surface area contributed by atoms with Crippen molar-refractivity contribution in [2.24, 2.45) is 4.99 Å². The monoisotopic (exact) mass is 268 g/mol. The van der Waals surface area contributed by atoms with Gasteiger partial charge in [0.2, 0.25) is 0 Å². The first kappa shape index (κ1) is 14.2. The maximum Gasteiger partial charge on any atom is 0.268 e. The molecule has 0 radical (unpaired) electrons. The number of rotatable bonds is 5. The molecular weight excluding hydrogens is 240 g/mol. The van der Waals surface area contributed by atoms with E-state index < -0.39 is 8.48 Å². The van der Waals surface area contributed by atoms with Crippen LogP contribution in [0.1, 0.15) is 45.4 Å². The number of aliphatic imine (C=N–C) groups is 1. The summed E-state index contributed by atoms with van der Waals surface area (Å²) >= 11 is 0. The molecule has 0 aromatic heterocycles. The zero-order valence-corrected chi connectivity index (χ0v) is 13.1. The molecule has 0 amide bonds. The second-order valence-corrected chi connectivity index (χ2v) is 9.48. The topological polar surface area (TPSA) is 24.8 Å². The van der Waals surface area contributed by atoms with Crippen molar-refractivity contribution >= 4 is 14.2 Å². The van der Waals surface area contributed by atoms with Gasteiger partial charge in [0.15, 0.2) is 0 Å². The Bertz CT molecular complexity index is 288. The smallest absolute Gasteiger partial charge is 0.268 e. The van der Waals surface area contributed by atoms with Crippen LogP contribution in [0.15, 0.2) is 4.99 Å². The summed E-state index contributed by atoms with van der Waals surface area (Å²) in [5.74, 6) is 0. The minimum absolute atomic E-state index is 0.869. The van der Waals surface area contributed by atoms with Gasteiger partial charge in [-0.15, -0.1) is 0 Å². The fourth-order valence-corrected chi connectivity index (χ4v) is 6.55. The highest BCUT2D eigenvalue weighted by molar-refractivity contribution is 6.70. The highest BCUT2D eigenvalue weighted by Gasteiger charge is 2.40. The van der Waals surface area contributed by atoms with E-state index in [0.717, 1.165) is 19.7 Å². The Kier molecular flexibility index (Phi) is 5.39. The lowest BCUT2D eigenvalue weighted by atomic mass is 9.99. The number of nitrogens with zero attached hydrogens (tertiary/aromatic N) is 2. The van der Waals surface area contributed by atoms with Crippen LogP contribution in [-0.2, 0) is 4.43 Å². The molecule has 1 aliphatic carbocycles. The van der Waals surface area contributed by atoms with Crippen molar-refractivity contribution in [2.45, 2.75) is 58.0 Å². The summed E-state index contributed by atoms with van der Waals surface area (Å²) in [5.41, 5.74) is 1.47. The second-order valence-electron chi connectivity index (χ2n) is 5.71. The van der Waals surface area contributed by atoms with E-state index in [1.165, 1.54) is 56.8 Å². The van der Waals surface area contributed by atoms with E-state index in [1.54, 1.807) is 0 Å². The van der Waals surface area contributed by atoms with Crippen LogP contribution in [0.3, 0.4) is 0 Å². The molecule has 104 valence electrons. The summed E-state index contributed by atoms with van der Waals surface area (Å²) in [7, 11) is -1.54. The SMILES string of the molecule is CCO[Si]1(C)CCCN1CCN=C1CCCCC1. The number of hydrogen-bond acceptors (Lipinski definition) is 3. The quantitative estimate of drug-likeness (QED) is 0.715. The minimum atomic E-state index is -1.54. The lowest BCUT2D eigenvalue weighted by Gasteiger charge is -2.31. The molecule has 0 bridgehead atoms. The first-order chi connectivity index (χ1) is 8.74. The van der Waals surface area contributed by atoms with E-state index in [-0.39, 0.29) is 0 Å². The van der Waals surface area contributed by atoms with Gasteiger partial charge in [-0.2, -0.15) is 0 Å². The highest BCUT2D eigenvalue weighted by Crippen LogP contribution is 2.26. The molecule has 18 heavy (non-hydrogen) atoms. The van der Waals surface area contributed by atoms with Crippen molar-refractivity contribution in [1.29, 1.82) is 0 Å². The molecule has 0 aromatic rings. The van der Waals surface area contributed by atoms with Gasteiger partial charge in [0, 0.05) is 18.9 Å². The molecule has 2 fully saturated rings. The predicted molar refractivity (Wildman–Crippen MR) is 79.6 cm³/mol. The summed E-state index contributed by atoms with van der Waals surface area (Å²) in [6.45, 7) is 8.70. The Hall–Kier alpha value is -0.193. The molecular formula is C14H28N2OSi. The molecule has 0 N–H and O–H groups in total. The summed E-state index contributed by atoms with van der Waals surface area (Å²) in [6.07, 6.45) is 7.93. The molecule has 1 saturated heterocycles. The van der Waals surface area contributed by atoms with Crippen LogP contribution in [-0.4, -0.2) is 45.0 Å². The van der Waals surface area contributed by atoms with Gasteiger partial charge in [0.1, 0.15) is 0 Å². The fraction of sp³-hybridized carbons (Fsp3) is 0.929. The van der Waals surface area contributed by atoms with Gasteiger partial charge < -0.3 is 8.99 Å². The normalized spacial score (nSPS) is 29.8. The second kappa shape index (κ2) is 6.82. The van der Waals surface area contributed by atoms with Crippen LogP contribution >= 0.6 is 0 Å².